The van der Waals surface area contributed by atoms with Gasteiger partial charge in [0.25, 0.3) is 5.56 Å². The van der Waals surface area contributed by atoms with Crippen molar-refractivity contribution < 1.29 is 9.90 Å². The fourth-order valence-electron chi connectivity index (χ4n) is 1.77. The van der Waals surface area contributed by atoms with Crippen LogP contribution in [0.25, 0.3) is 10.9 Å². The number of hydrogen-bond acceptors (Lipinski definition) is 4. The second-order valence-corrected chi connectivity index (χ2v) is 4.10. The Morgan fingerprint density at radius 1 is 1.37 bits per heavy atom. The van der Waals surface area contributed by atoms with Gasteiger partial charge in [0.2, 0.25) is 5.91 Å². The number of fused-ring (bicyclic) bond motifs is 1. The van der Waals surface area contributed by atoms with Crippen molar-refractivity contribution in [3.05, 3.63) is 40.4 Å². The molecule has 0 unspecified atom stereocenters. The summed E-state index contributed by atoms with van der Waals surface area (Å²) in [7, 11) is 0. The van der Waals surface area contributed by atoms with Crippen LogP contribution in [0.5, 0.6) is 0 Å². The molecular formula is C13H15N3O3. The first-order chi connectivity index (χ1) is 9.20. The van der Waals surface area contributed by atoms with E-state index in [2.05, 4.69) is 15.3 Å². The highest BCUT2D eigenvalue weighted by molar-refractivity contribution is 5.77. The van der Waals surface area contributed by atoms with Crippen molar-refractivity contribution in [1.29, 1.82) is 0 Å². The average molecular weight is 261 g/mol. The molecule has 6 nitrogen and oxygen atoms in total. The van der Waals surface area contributed by atoms with E-state index in [4.69, 9.17) is 5.11 Å². The smallest absolute Gasteiger partial charge is 0.258 e. The van der Waals surface area contributed by atoms with E-state index >= 15 is 0 Å². The first-order valence-corrected chi connectivity index (χ1v) is 6.06. The van der Waals surface area contributed by atoms with Crippen molar-refractivity contribution in [2.75, 3.05) is 13.2 Å². The van der Waals surface area contributed by atoms with E-state index in [9.17, 15) is 9.59 Å². The number of nitrogens with zero attached hydrogens (tertiary/aromatic N) is 1. The lowest BCUT2D eigenvalue weighted by atomic mass is 10.2. The molecule has 0 saturated carbocycles. The summed E-state index contributed by atoms with van der Waals surface area (Å²) in [5.41, 5.74) is 0.424. The summed E-state index contributed by atoms with van der Waals surface area (Å²) in [6.07, 6.45) is 0.582. The number of nitrogens with one attached hydrogen (secondary N) is 2. The van der Waals surface area contributed by atoms with Crippen molar-refractivity contribution >= 4 is 16.8 Å². The van der Waals surface area contributed by atoms with Crippen molar-refractivity contribution in [1.82, 2.24) is 15.3 Å². The van der Waals surface area contributed by atoms with Crippen LogP contribution in [0.3, 0.4) is 0 Å². The van der Waals surface area contributed by atoms with E-state index in [0.717, 1.165) is 0 Å². The monoisotopic (exact) mass is 261 g/mol. The van der Waals surface area contributed by atoms with Crippen LogP contribution >= 0.6 is 0 Å². The summed E-state index contributed by atoms with van der Waals surface area (Å²) in [4.78, 5) is 30.1. The number of rotatable bonds is 5. The predicted octanol–water partition coefficient (Wildman–Crippen LogP) is -0.0358. The second kappa shape index (κ2) is 6.10. The molecule has 0 saturated heterocycles. The maximum absolute atomic E-state index is 11.8. The summed E-state index contributed by atoms with van der Waals surface area (Å²) in [5, 5.41) is 11.7. The maximum Gasteiger partial charge on any atom is 0.258 e. The minimum absolute atomic E-state index is 0.0865. The number of aromatic amines is 1. The fourth-order valence-corrected chi connectivity index (χ4v) is 1.77. The summed E-state index contributed by atoms with van der Waals surface area (Å²) in [6, 6.07) is 7.06. The van der Waals surface area contributed by atoms with Crippen molar-refractivity contribution in [2.45, 2.75) is 12.8 Å². The summed E-state index contributed by atoms with van der Waals surface area (Å²) in [5.74, 6) is 0.313. The predicted molar refractivity (Wildman–Crippen MR) is 70.8 cm³/mol. The van der Waals surface area contributed by atoms with Crippen LogP contribution in [-0.2, 0) is 11.2 Å². The minimum atomic E-state index is -0.198. The third-order valence-corrected chi connectivity index (χ3v) is 2.68. The van der Waals surface area contributed by atoms with Crippen LogP contribution in [0.1, 0.15) is 12.2 Å². The molecule has 0 radical (unpaired) electrons. The number of para-hydroxylation sites is 1. The number of aliphatic hydroxyl groups is 1. The van der Waals surface area contributed by atoms with E-state index in [1.165, 1.54) is 0 Å². The van der Waals surface area contributed by atoms with Crippen LogP contribution < -0.4 is 10.9 Å². The van der Waals surface area contributed by atoms with Crippen LogP contribution in [0.4, 0.5) is 0 Å². The molecule has 0 aliphatic heterocycles. The number of H-pyrrole nitrogens is 1. The molecule has 0 aliphatic carbocycles. The van der Waals surface area contributed by atoms with Gasteiger partial charge in [-0.15, -0.1) is 0 Å². The second-order valence-electron chi connectivity index (χ2n) is 4.10. The number of aryl methyl sites for hydroxylation is 1. The number of amides is 1. The number of carbonyl (C=O) groups is 1. The van der Waals surface area contributed by atoms with Gasteiger partial charge < -0.3 is 15.4 Å². The van der Waals surface area contributed by atoms with Gasteiger partial charge in [0.1, 0.15) is 5.82 Å². The van der Waals surface area contributed by atoms with Crippen molar-refractivity contribution in [3.8, 4) is 0 Å². The van der Waals surface area contributed by atoms with E-state index in [-0.39, 0.29) is 31.0 Å². The zero-order chi connectivity index (χ0) is 13.7. The Morgan fingerprint density at radius 2 is 2.16 bits per heavy atom. The van der Waals surface area contributed by atoms with E-state index in [0.29, 0.717) is 23.1 Å². The summed E-state index contributed by atoms with van der Waals surface area (Å²) < 4.78 is 0. The third kappa shape index (κ3) is 3.38. The zero-order valence-electron chi connectivity index (χ0n) is 10.3. The quantitative estimate of drug-likeness (QED) is 0.704. The normalized spacial score (nSPS) is 10.6. The van der Waals surface area contributed by atoms with E-state index in [1.807, 2.05) is 6.07 Å². The largest absolute Gasteiger partial charge is 0.395 e. The van der Waals surface area contributed by atoms with Gasteiger partial charge in [0.15, 0.2) is 0 Å². The molecule has 1 heterocycles. The number of aliphatic hydroxyl groups excluding tert-OH is 1. The summed E-state index contributed by atoms with van der Waals surface area (Å²) in [6.45, 7) is 0.150. The van der Waals surface area contributed by atoms with Crippen molar-refractivity contribution in [3.63, 3.8) is 0 Å². The van der Waals surface area contributed by atoms with Crippen LogP contribution in [-0.4, -0.2) is 34.1 Å². The van der Waals surface area contributed by atoms with Gasteiger partial charge in [-0.05, 0) is 12.1 Å². The van der Waals surface area contributed by atoms with Gasteiger partial charge >= 0.3 is 0 Å². The van der Waals surface area contributed by atoms with Crippen LogP contribution in [0.15, 0.2) is 29.1 Å². The molecule has 0 bridgehead atoms. The Kier molecular flexibility index (Phi) is 4.25. The van der Waals surface area contributed by atoms with Gasteiger partial charge in [-0.2, -0.15) is 0 Å². The molecule has 0 spiro atoms. The van der Waals surface area contributed by atoms with Gasteiger partial charge in [-0.25, -0.2) is 4.98 Å². The lowest BCUT2D eigenvalue weighted by Crippen LogP contribution is -2.27. The molecule has 0 aliphatic rings. The first-order valence-electron chi connectivity index (χ1n) is 6.06. The van der Waals surface area contributed by atoms with Gasteiger partial charge in [0, 0.05) is 19.4 Å². The molecule has 6 heteroatoms. The van der Waals surface area contributed by atoms with E-state index in [1.54, 1.807) is 18.2 Å². The maximum atomic E-state index is 11.8. The molecule has 3 N–H and O–H groups in total. The topological polar surface area (TPSA) is 95.1 Å². The molecular weight excluding hydrogens is 246 g/mol. The van der Waals surface area contributed by atoms with Crippen molar-refractivity contribution in [2.24, 2.45) is 0 Å². The molecule has 1 aromatic heterocycles. The molecule has 0 atom stereocenters. The minimum Gasteiger partial charge on any atom is -0.395 e. The number of carbonyl (C=O) groups excluding carboxylic acids is 1. The third-order valence-electron chi connectivity index (χ3n) is 2.68. The molecule has 2 rings (SSSR count). The molecule has 1 amide bonds. The Labute approximate surface area is 109 Å². The highest BCUT2D eigenvalue weighted by atomic mass is 16.3. The molecule has 1 aromatic carbocycles. The van der Waals surface area contributed by atoms with Crippen LogP contribution in [0, 0.1) is 0 Å². The average Bonchev–Trinajstić information content (AvgIpc) is 2.43. The fraction of sp³-hybridized carbons (Fsp3) is 0.308. The highest BCUT2D eigenvalue weighted by Crippen LogP contribution is 2.06. The Hall–Kier alpha value is -2.21. The molecule has 0 fully saturated rings. The van der Waals surface area contributed by atoms with Gasteiger partial charge in [0.05, 0.1) is 17.5 Å². The number of aromatic nitrogens is 2. The Morgan fingerprint density at radius 3 is 2.95 bits per heavy atom. The number of hydrogen-bond donors (Lipinski definition) is 3. The summed E-state index contributed by atoms with van der Waals surface area (Å²) >= 11 is 0. The highest BCUT2D eigenvalue weighted by Gasteiger charge is 2.06. The number of benzene rings is 1. The van der Waals surface area contributed by atoms with Gasteiger partial charge in [-0.1, -0.05) is 12.1 Å². The van der Waals surface area contributed by atoms with E-state index < -0.39 is 0 Å². The van der Waals surface area contributed by atoms with Gasteiger partial charge in [-0.3, -0.25) is 9.59 Å². The SMILES string of the molecule is O=C(CCc1nc2ccccc2c(=O)[nH]1)NCCO. The first kappa shape index (κ1) is 13.2. The molecule has 2 aromatic rings. The lowest BCUT2D eigenvalue weighted by Gasteiger charge is -2.04. The zero-order valence-corrected chi connectivity index (χ0v) is 10.3. The Balaban J connectivity index is 2.09. The standard InChI is InChI=1S/C13H15N3O3/c17-8-7-14-12(18)6-5-11-15-10-4-2-1-3-9(10)13(19)16-11/h1-4,17H,5-8H2,(H,14,18)(H,15,16,19). The lowest BCUT2D eigenvalue weighted by molar-refractivity contribution is -0.121. The van der Waals surface area contributed by atoms with Crippen LogP contribution in [0.2, 0.25) is 0 Å². The molecule has 19 heavy (non-hydrogen) atoms. The molecule has 100 valence electrons. The Bertz CT molecular complexity index is 636.